The van der Waals surface area contributed by atoms with Crippen LogP contribution in [0.1, 0.15) is 35.0 Å². The molecule has 6 nitrogen and oxygen atoms in total. The molecule has 1 aromatic carbocycles. The summed E-state index contributed by atoms with van der Waals surface area (Å²) in [6.07, 6.45) is 2.28. The van der Waals surface area contributed by atoms with Crippen molar-refractivity contribution in [1.29, 1.82) is 0 Å². The molecule has 0 radical (unpaired) electrons. The molecule has 0 saturated carbocycles. The van der Waals surface area contributed by atoms with Crippen LogP contribution in [0.3, 0.4) is 0 Å². The highest BCUT2D eigenvalue weighted by Crippen LogP contribution is 2.12. The summed E-state index contributed by atoms with van der Waals surface area (Å²) in [5, 5.41) is 6.17. The number of nitrogens with zero attached hydrogens (tertiary/aromatic N) is 2. The van der Waals surface area contributed by atoms with Gasteiger partial charge in [0, 0.05) is 43.3 Å². The van der Waals surface area contributed by atoms with Crippen LogP contribution in [-0.2, 0) is 6.54 Å². The van der Waals surface area contributed by atoms with Crippen molar-refractivity contribution in [2.24, 2.45) is 4.99 Å². The molecule has 0 aliphatic rings. The molecule has 0 spiro atoms. The second kappa shape index (κ2) is 12.8. The molecule has 0 fully saturated rings. The first-order valence-corrected chi connectivity index (χ1v) is 9.86. The van der Waals surface area contributed by atoms with E-state index in [1.807, 2.05) is 26.1 Å². The lowest BCUT2D eigenvalue weighted by atomic mass is 10.2. The number of aryl methyl sites for hydroxylation is 1. The number of guanidine groups is 1. The quantitative estimate of drug-likeness (QED) is 0.219. The molecule has 0 atom stereocenters. The molecule has 0 unspecified atom stereocenters. The van der Waals surface area contributed by atoms with Gasteiger partial charge in [0.05, 0.1) is 6.26 Å². The van der Waals surface area contributed by atoms with Gasteiger partial charge in [-0.05, 0) is 44.0 Å². The van der Waals surface area contributed by atoms with Crippen molar-refractivity contribution < 1.29 is 9.21 Å². The van der Waals surface area contributed by atoms with Crippen molar-refractivity contribution in [1.82, 2.24) is 15.5 Å². The van der Waals surface area contributed by atoms with E-state index in [1.165, 1.54) is 11.8 Å². The Labute approximate surface area is 192 Å². The molecule has 0 aliphatic heterocycles. The molecule has 2 N–H and O–H groups in total. The monoisotopic (exact) mass is 562 g/mol. The zero-order chi connectivity index (χ0) is 19.6. The second-order valence-corrected chi connectivity index (χ2v) is 7.18. The zero-order valence-electron chi connectivity index (χ0n) is 16.5. The van der Waals surface area contributed by atoms with Crippen LogP contribution in [-0.4, -0.2) is 43.4 Å². The number of nitrogens with one attached hydrogen (secondary N) is 2. The van der Waals surface area contributed by atoms with E-state index in [1.54, 1.807) is 6.07 Å². The average Bonchev–Trinajstić information content (AvgIpc) is 3.08. The summed E-state index contributed by atoms with van der Waals surface area (Å²) < 4.78 is 6.26. The summed E-state index contributed by atoms with van der Waals surface area (Å²) in [5.74, 6) is 1.05. The number of halogens is 2. The van der Waals surface area contributed by atoms with Crippen LogP contribution in [0.2, 0.25) is 0 Å². The summed E-state index contributed by atoms with van der Waals surface area (Å²) in [6.45, 7) is 6.66. The minimum atomic E-state index is -0.180. The maximum atomic E-state index is 12.0. The van der Waals surface area contributed by atoms with E-state index in [2.05, 4.69) is 55.5 Å². The lowest BCUT2D eigenvalue weighted by molar-refractivity contribution is 0.0925. The Kier molecular flexibility index (Phi) is 11.2. The van der Waals surface area contributed by atoms with E-state index in [9.17, 15) is 4.79 Å². The Morgan fingerprint density at radius 2 is 1.93 bits per heavy atom. The average molecular weight is 563 g/mol. The van der Waals surface area contributed by atoms with Crippen molar-refractivity contribution >= 4 is 51.8 Å². The van der Waals surface area contributed by atoms with E-state index in [0.29, 0.717) is 18.8 Å². The van der Waals surface area contributed by atoms with Gasteiger partial charge in [-0.25, -0.2) is 0 Å². The molecule has 0 bridgehead atoms. The summed E-state index contributed by atoms with van der Waals surface area (Å²) in [6, 6.07) is 10.0. The minimum absolute atomic E-state index is 0. The van der Waals surface area contributed by atoms with Crippen LogP contribution < -0.4 is 10.6 Å². The van der Waals surface area contributed by atoms with Crippen molar-refractivity contribution in [3.8, 4) is 0 Å². The van der Waals surface area contributed by atoms with E-state index in [0.717, 1.165) is 35.5 Å². The predicted molar refractivity (Wildman–Crippen MR) is 127 cm³/mol. The molecule has 1 aromatic heterocycles. The van der Waals surface area contributed by atoms with Crippen LogP contribution in [0.4, 0.5) is 0 Å². The highest BCUT2D eigenvalue weighted by atomic mass is 127. The van der Waals surface area contributed by atoms with Gasteiger partial charge in [0.1, 0.15) is 0 Å². The number of rotatable bonds is 8. The van der Waals surface area contributed by atoms with Gasteiger partial charge in [0.15, 0.2) is 11.7 Å². The van der Waals surface area contributed by atoms with Gasteiger partial charge in [-0.2, -0.15) is 0 Å². The number of carbonyl (C=O) groups is 1. The van der Waals surface area contributed by atoms with Gasteiger partial charge >= 0.3 is 0 Å². The fraction of sp³-hybridized carbons (Fsp3) is 0.400. The van der Waals surface area contributed by atoms with Gasteiger partial charge in [0.2, 0.25) is 0 Å². The lowest BCUT2D eigenvalue weighted by Gasteiger charge is -2.22. The SMILES string of the molecule is CCNC(=NCCCNC(=O)c1occc1C)N(C)Cc1ccc(Br)cc1.I. The highest BCUT2D eigenvalue weighted by Gasteiger charge is 2.11. The van der Waals surface area contributed by atoms with Crippen LogP contribution in [0.5, 0.6) is 0 Å². The normalized spacial score (nSPS) is 10.9. The largest absolute Gasteiger partial charge is 0.459 e. The maximum Gasteiger partial charge on any atom is 0.287 e. The number of furan rings is 1. The summed E-state index contributed by atoms with van der Waals surface area (Å²) in [5.41, 5.74) is 2.06. The molecule has 28 heavy (non-hydrogen) atoms. The number of carbonyl (C=O) groups excluding carboxylic acids is 1. The topological polar surface area (TPSA) is 69.9 Å². The van der Waals surface area contributed by atoms with E-state index < -0.39 is 0 Å². The first-order chi connectivity index (χ1) is 13.0. The van der Waals surface area contributed by atoms with Crippen molar-refractivity contribution in [2.45, 2.75) is 26.8 Å². The summed E-state index contributed by atoms with van der Waals surface area (Å²) in [4.78, 5) is 18.7. The standard InChI is InChI=1S/C20H27BrN4O2.HI/c1-4-22-20(25(3)14-16-6-8-17(21)9-7-16)24-12-5-11-23-19(26)18-15(2)10-13-27-18;/h6-10,13H,4-5,11-12,14H2,1-3H3,(H,22,24)(H,23,26);1H. The molecule has 154 valence electrons. The fourth-order valence-electron chi connectivity index (χ4n) is 2.56. The Morgan fingerprint density at radius 1 is 1.21 bits per heavy atom. The number of amides is 1. The molecule has 0 saturated heterocycles. The molecule has 1 heterocycles. The van der Waals surface area contributed by atoms with Crippen molar-refractivity contribution in [3.63, 3.8) is 0 Å². The van der Waals surface area contributed by atoms with Gasteiger partial charge < -0.3 is 20.0 Å². The van der Waals surface area contributed by atoms with Gasteiger partial charge in [-0.3, -0.25) is 9.79 Å². The number of hydrogen-bond donors (Lipinski definition) is 2. The number of aliphatic imine (C=N–C) groups is 1. The molecule has 0 aliphatic carbocycles. The van der Waals surface area contributed by atoms with Gasteiger partial charge in [0.25, 0.3) is 5.91 Å². The van der Waals surface area contributed by atoms with Crippen LogP contribution >= 0.6 is 39.9 Å². The molecule has 2 rings (SSSR count). The number of hydrogen-bond acceptors (Lipinski definition) is 3. The lowest BCUT2D eigenvalue weighted by Crippen LogP contribution is -2.38. The highest BCUT2D eigenvalue weighted by molar-refractivity contribution is 14.0. The van der Waals surface area contributed by atoms with Crippen LogP contribution in [0, 0.1) is 6.92 Å². The van der Waals surface area contributed by atoms with Crippen molar-refractivity contribution in [3.05, 3.63) is 58.0 Å². The predicted octanol–water partition coefficient (Wildman–Crippen LogP) is 4.19. The summed E-state index contributed by atoms with van der Waals surface area (Å²) in [7, 11) is 2.02. The third-order valence-corrected chi connectivity index (χ3v) is 4.51. The fourth-order valence-corrected chi connectivity index (χ4v) is 2.82. The first kappa shape index (κ1) is 24.5. The molecule has 2 aromatic rings. The Bertz CT molecular complexity index is 762. The van der Waals surface area contributed by atoms with Crippen molar-refractivity contribution in [2.75, 3.05) is 26.7 Å². The Balaban J connectivity index is 0.00000392. The van der Waals surface area contributed by atoms with Crippen LogP contribution in [0.25, 0.3) is 0 Å². The third-order valence-electron chi connectivity index (χ3n) is 3.98. The van der Waals surface area contributed by atoms with Gasteiger partial charge in [-0.1, -0.05) is 28.1 Å². The second-order valence-electron chi connectivity index (χ2n) is 6.26. The number of benzene rings is 1. The van der Waals surface area contributed by atoms with E-state index in [4.69, 9.17) is 4.42 Å². The summed E-state index contributed by atoms with van der Waals surface area (Å²) >= 11 is 3.46. The maximum absolute atomic E-state index is 12.0. The third kappa shape index (κ3) is 7.83. The smallest absolute Gasteiger partial charge is 0.287 e. The van der Waals surface area contributed by atoms with E-state index >= 15 is 0 Å². The molecular formula is C20H28BrIN4O2. The van der Waals surface area contributed by atoms with Crippen LogP contribution in [0.15, 0.2) is 50.5 Å². The molecular weight excluding hydrogens is 535 g/mol. The molecule has 1 amide bonds. The molecule has 8 heteroatoms. The van der Waals surface area contributed by atoms with Gasteiger partial charge in [-0.15, -0.1) is 24.0 Å². The minimum Gasteiger partial charge on any atom is -0.459 e. The zero-order valence-corrected chi connectivity index (χ0v) is 20.4. The Morgan fingerprint density at radius 3 is 2.54 bits per heavy atom. The Hall–Kier alpha value is -1.55. The van der Waals surface area contributed by atoms with E-state index in [-0.39, 0.29) is 29.9 Å². The first-order valence-electron chi connectivity index (χ1n) is 9.07.